The number of hydrogen-bond donors (Lipinski definition) is 1. The first-order valence-corrected chi connectivity index (χ1v) is 6.18. The highest BCUT2D eigenvalue weighted by atomic mass is 16.5. The highest BCUT2D eigenvalue weighted by Gasteiger charge is 2.26. The maximum absolute atomic E-state index is 5.54. The third kappa shape index (κ3) is 3.20. The molecule has 94 valence electrons. The van der Waals surface area contributed by atoms with Crippen LogP contribution in [0.2, 0.25) is 0 Å². The largest absolute Gasteiger partial charge is 0.496 e. The Morgan fingerprint density at radius 2 is 2.24 bits per heavy atom. The van der Waals surface area contributed by atoms with E-state index in [2.05, 4.69) is 24.4 Å². The maximum atomic E-state index is 5.54. The summed E-state index contributed by atoms with van der Waals surface area (Å²) in [6.45, 7) is 4.79. The number of rotatable bonds is 4. The van der Waals surface area contributed by atoms with Crippen molar-refractivity contribution in [3.8, 4) is 5.75 Å². The lowest BCUT2D eigenvalue weighted by Gasteiger charge is -2.35. The number of benzene rings is 1. The van der Waals surface area contributed by atoms with Gasteiger partial charge in [0.25, 0.3) is 0 Å². The molecule has 1 fully saturated rings. The van der Waals surface area contributed by atoms with E-state index in [0.29, 0.717) is 0 Å². The van der Waals surface area contributed by atoms with Crippen LogP contribution in [0.4, 0.5) is 0 Å². The molecule has 1 unspecified atom stereocenters. The van der Waals surface area contributed by atoms with E-state index >= 15 is 0 Å². The first kappa shape index (κ1) is 12.4. The molecular weight excluding hydrogens is 214 g/mol. The minimum absolute atomic E-state index is 0.0963. The second kappa shape index (κ2) is 5.52. The summed E-state index contributed by atoms with van der Waals surface area (Å²) in [4.78, 5) is 0. The molecule has 2 rings (SSSR count). The normalized spacial score (nSPS) is 24.6. The van der Waals surface area contributed by atoms with Crippen molar-refractivity contribution in [3.63, 3.8) is 0 Å². The van der Waals surface area contributed by atoms with E-state index in [9.17, 15) is 0 Å². The molecule has 1 aromatic carbocycles. The van der Waals surface area contributed by atoms with Gasteiger partial charge in [0.05, 0.1) is 20.3 Å². The molecule has 1 heterocycles. The predicted molar refractivity (Wildman–Crippen MR) is 68.5 cm³/mol. The average molecular weight is 235 g/mol. The smallest absolute Gasteiger partial charge is 0.122 e. The fourth-order valence-electron chi connectivity index (χ4n) is 2.25. The fourth-order valence-corrected chi connectivity index (χ4v) is 2.25. The summed E-state index contributed by atoms with van der Waals surface area (Å²) in [6.07, 6.45) is 2.07. The molecule has 0 spiro atoms. The summed E-state index contributed by atoms with van der Waals surface area (Å²) in [6, 6.07) is 8.21. The Morgan fingerprint density at radius 1 is 1.41 bits per heavy atom. The van der Waals surface area contributed by atoms with Crippen LogP contribution in [-0.2, 0) is 11.2 Å². The topological polar surface area (TPSA) is 30.5 Å². The van der Waals surface area contributed by atoms with Crippen LogP contribution >= 0.6 is 0 Å². The van der Waals surface area contributed by atoms with Crippen LogP contribution in [0.15, 0.2) is 24.3 Å². The number of aryl methyl sites for hydroxylation is 1. The summed E-state index contributed by atoms with van der Waals surface area (Å²) >= 11 is 0. The Kier molecular flexibility index (Phi) is 4.02. The van der Waals surface area contributed by atoms with Crippen LogP contribution in [0.3, 0.4) is 0 Å². The van der Waals surface area contributed by atoms with Crippen molar-refractivity contribution in [2.24, 2.45) is 0 Å². The molecule has 1 aliphatic heterocycles. The van der Waals surface area contributed by atoms with Crippen molar-refractivity contribution < 1.29 is 9.47 Å². The van der Waals surface area contributed by atoms with Gasteiger partial charge in [0.1, 0.15) is 5.75 Å². The van der Waals surface area contributed by atoms with Crippen molar-refractivity contribution in [1.82, 2.24) is 5.32 Å². The molecule has 17 heavy (non-hydrogen) atoms. The SMILES string of the molecule is COc1ccccc1CCC1(C)COCCN1. The monoisotopic (exact) mass is 235 g/mol. The summed E-state index contributed by atoms with van der Waals surface area (Å²) in [5.74, 6) is 0.979. The molecule has 1 atom stereocenters. The van der Waals surface area contributed by atoms with E-state index in [-0.39, 0.29) is 5.54 Å². The standard InChI is InChI=1S/C14H21NO2/c1-14(11-17-10-9-15-14)8-7-12-5-3-4-6-13(12)16-2/h3-6,15H,7-11H2,1-2H3. The molecule has 0 radical (unpaired) electrons. The third-order valence-electron chi connectivity index (χ3n) is 3.36. The zero-order valence-corrected chi connectivity index (χ0v) is 10.7. The number of ether oxygens (including phenoxy) is 2. The van der Waals surface area contributed by atoms with Crippen molar-refractivity contribution in [2.75, 3.05) is 26.9 Å². The zero-order valence-electron chi connectivity index (χ0n) is 10.7. The van der Waals surface area contributed by atoms with Crippen LogP contribution < -0.4 is 10.1 Å². The zero-order chi connectivity index (χ0) is 12.1. The molecule has 0 saturated carbocycles. The van der Waals surface area contributed by atoms with Gasteiger partial charge in [0, 0.05) is 12.1 Å². The quantitative estimate of drug-likeness (QED) is 0.866. The molecule has 0 aliphatic carbocycles. The van der Waals surface area contributed by atoms with Crippen molar-refractivity contribution in [3.05, 3.63) is 29.8 Å². The number of nitrogens with one attached hydrogen (secondary N) is 1. The van der Waals surface area contributed by atoms with E-state index in [1.807, 2.05) is 12.1 Å². The lowest BCUT2D eigenvalue weighted by atomic mass is 9.93. The van der Waals surface area contributed by atoms with Gasteiger partial charge in [-0.05, 0) is 31.4 Å². The summed E-state index contributed by atoms with van der Waals surface area (Å²) in [5.41, 5.74) is 1.36. The van der Waals surface area contributed by atoms with Crippen molar-refractivity contribution in [2.45, 2.75) is 25.3 Å². The molecule has 3 heteroatoms. The average Bonchev–Trinajstić information content (AvgIpc) is 2.38. The molecule has 1 aromatic rings. The summed E-state index contributed by atoms with van der Waals surface area (Å²) in [7, 11) is 1.72. The lowest BCUT2D eigenvalue weighted by molar-refractivity contribution is 0.0317. The molecule has 0 bridgehead atoms. The first-order valence-electron chi connectivity index (χ1n) is 6.18. The van der Waals surface area contributed by atoms with Crippen LogP contribution in [-0.4, -0.2) is 32.4 Å². The Bertz CT molecular complexity index is 359. The Hall–Kier alpha value is -1.06. The van der Waals surface area contributed by atoms with Crippen LogP contribution in [0.25, 0.3) is 0 Å². The second-order valence-corrected chi connectivity index (χ2v) is 4.85. The lowest BCUT2D eigenvalue weighted by Crippen LogP contribution is -2.52. The van der Waals surface area contributed by atoms with Gasteiger partial charge in [0.2, 0.25) is 0 Å². The molecule has 1 saturated heterocycles. The highest BCUT2D eigenvalue weighted by molar-refractivity contribution is 5.33. The molecule has 0 amide bonds. The van der Waals surface area contributed by atoms with Crippen molar-refractivity contribution >= 4 is 0 Å². The van der Waals surface area contributed by atoms with Gasteiger partial charge >= 0.3 is 0 Å². The Morgan fingerprint density at radius 3 is 2.94 bits per heavy atom. The fraction of sp³-hybridized carbons (Fsp3) is 0.571. The van der Waals surface area contributed by atoms with Crippen molar-refractivity contribution in [1.29, 1.82) is 0 Å². The molecule has 0 aromatic heterocycles. The maximum Gasteiger partial charge on any atom is 0.122 e. The van der Waals surface area contributed by atoms with E-state index in [0.717, 1.165) is 38.3 Å². The van der Waals surface area contributed by atoms with E-state index in [4.69, 9.17) is 9.47 Å². The van der Waals surface area contributed by atoms with Gasteiger partial charge in [-0.15, -0.1) is 0 Å². The van der Waals surface area contributed by atoms with E-state index in [1.165, 1.54) is 5.56 Å². The molecule has 3 nitrogen and oxygen atoms in total. The number of hydrogen-bond acceptors (Lipinski definition) is 3. The summed E-state index contributed by atoms with van der Waals surface area (Å²) < 4.78 is 10.9. The first-order chi connectivity index (χ1) is 8.23. The van der Waals surface area contributed by atoms with Gasteiger partial charge in [-0.3, -0.25) is 0 Å². The minimum atomic E-state index is 0.0963. The summed E-state index contributed by atoms with van der Waals surface area (Å²) in [5, 5.41) is 3.54. The van der Waals surface area contributed by atoms with E-state index < -0.39 is 0 Å². The van der Waals surface area contributed by atoms with Gasteiger partial charge in [-0.2, -0.15) is 0 Å². The predicted octanol–water partition coefficient (Wildman–Crippen LogP) is 2.01. The van der Waals surface area contributed by atoms with Crippen LogP contribution in [0.1, 0.15) is 18.9 Å². The number of morpholine rings is 1. The van der Waals surface area contributed by atoms with Gasteiger partial charge in [0.15, 0.2) is 0 Å². The van der Waals surface area contributed by atoms with Crippen LogP contribution in [0, 0.1) is 0 Å². The molecule has 1 aliphatic rings. The minimum Gasteiger partial charge on any atom is -0.496 e. The highest BCUT2D eigenvalue weighted by Crippen LogP contribution is 2.23. The van der Waals surface area contributed by atoms with E-state index in [1.54, 1.807) is 7.11 Å². The Balaban J connectivity index is 1.96. The number of para-hydroxylation sites is 1. The van der Waals surface area contributed by atoms with Gasteiger partial charge in [-0.25, -0.2) is 0 Å². The van der Waals surface area contributed by atoms with Crippen LogP contribution in [0.5, 0.6) is 5.75 Å². The molecule has 1 N–H and O–H groups in total. The number of methoxy groups -OCH3 is 1. The van der Waals surface area contributed by atoms with Gasteiger partial charge in [-0.1, -0.05) is 18.2 Å². The Labute approximate surface area is 103 Å². The second-order valence-electron chi connectivity index (χ2n) is 4.85. The third-order valence-corrected chi connectivity index (χ3v) is 3.36. The molecular formula is C14H21NO2. The van der Waals surface area contributed by atoms with Gasteiger partial charge < -0.3 is 14.8 Å².